The molecule has 0 unspecified atom stereocenters. The summed E-state index contributed by atoms with van der Waals surface area (Å²) >= 11 is 7.37. The summed E-state index contributed by atoms with van der Waals surface area (Å²) in [4.78, 5) is 5.33. The number of benzene rings is 4. The van der Waals surface area contributed by atoms with Crippen LogP contribution in [-0.2, 0) is 0 Å². The summed E-state index contributed by atoms with van der Waals surface area (Å²) in [5, 5.41) is 0. The summed E-state index contributed by atoms with van der Waals surface area (Å²) in [6, 6.07) is 36.0. The van der Waals surface area contributed by atoms with Crippen molar-refractivity contribution in [3.05, 3.63) is 97.1 Å². The van der Waals surface area contributed by atoms with E-state index in [-0.39, 0.29) is 0 Å². The third-order valence-corrected chi connectivity index (χ3v) is 9.67. The Labute approximate surface area is 215 Å². The topological polar surface area (TPSA) is 0 Å². The smallest absolute Gasteiger partial charge is 0.113 e. The first-order valence-corrected chi connectivity index (χ1v) is 15.8. The van der Waals surface area contributed by atoms with Crippen molar-refractivity contribution >= 4 is 75.0 Å². The molecule has 0 N–H and O–H groups in total. The average molecular weight is 504 g/mol. The average Bonchev–Trinajstić information content (AvgIpc) is 2.90. The number of hydrogen-bond acceptors (Lipinski definition) is 4. The van der Waals surface area contributed by atoms with Gasteiger partial charge in [0.05, 0.1) is 0 Å². The maximum Gasteiger partial charge on any atom is 0.113 e. The molecule has 0 nitrogen and oxygen atoms in total. The fraction of sp³-hybridized carbons (Fsp3) is 0.143. The molecular formula is C28H28BS4-. The van der Waals surface area contributed by atoms with Gasteiger partial charge in [-0.2, -0.15) is 21.9 Å². The summed E-state index contributed by atoms with van der Waals surface area (Å²) in [5.41, 5.74) is 5.59. The first-order chi connectivity index (χ1) is 16.2. The van der Waals surface area contributed by atoms with E-state index in [1.54, 1.807) is 0 Å². The van der Waals surface area contributed by atoms with Gasteiger partial charge in [-0.3, -0.25) is 0 Å². The maximum absolute atomic E-state index is 2.36. The predicted molar refractivity (Wildman–Crippen MR) is 157 cm³/mol. The fourth-order valence-corrected chi connectivity index (χ4v) is 7.88. The lowest BCUT2D eigenvalue weighted by atomic mass is 9.13. The largest absolute Gasteiger partial charge is 0.182 e. The summed E-state index contributed by atoms with van der Waals surface area (Å²) in [7, 11) is 0. The Morgan fingerprint density at radius 3 is 0.788 bits per heavy atom. The van der Waals surface area contributed by atoms with Gasteiger partial charge in [-0.15, -0.1) is 47.0 Å². The van der Waals surface area contributed by atoms with Gasteiger partial charge in [0.1, 0.15) is 6.15 Å². The molecule has 0 radical (unpaired) electrons. The van der Waals surface area contributed by atoms with Gasteiger partial charge in [0.2, 0.25) is 0 Å². The second-order valence-electron chi connectivity index (χ2n) is 7.83. The minimum atomic E-state index is -1.44. The molecule has 0 bridgehead atoms. The molecule has 33 heavy (non-hydrogen) atoms. The molecule has 0 fully saturated rings. The van der Waals surface area contributed by atoms with Crippen LogP contribution in [0, 0.1) is 0 Å². The quantitative estimate of drug-likeness (QED) is 0.215. The van der Waals surface area contributed by atoms with Crippen LogP contribution in [0.1, 0.15) is 0 Å². The van der Waals surface area contributed by atoms with Gasteiger partial charge in [0, 0.05) is 0 Å². The van der Waals surface area contributed by atoms with Gasteiger partial charge >= 0.3 is 0 Å². The Kier molecular flexibility index (Phi) is 8.29. The van der Waals surface area contributed by atoms with Crippen LogP contribution >= 0.6 is 47.0 Å². The maximum atomic E-state index is 2.36. The molecule has 168 valence electrons. The molecule has 4 aromatic carbocycles. The highest BCUT2D eigenvalue weighted by Gasteiger charge is 2.37. The Morgan fingerprint density at radius 1 is 0.364 bits per heavy atom. The van der Waals surface area contributed by atoms with Crippen LogP contribution in [0.2, 0.25) is 0 Å². The fourth-order valence-electron chi connectivity index (χ4n) is 5.10. The van der Waals surface area contributed by atoms with Crippen LogP contribution < -0.4 is 21.9 Å². The number of rotatable bonds is 8. The first-order valence-electron chi connectivity index (χ1n) is 10.9. The summed E-state index contributed by atoms with van der Waals surface area (Å²) < 4.78 is 0. The second kappa shape index (κ2) is 11.2. The van der Waals surface area contributed by atoms with Crippen molar-refractivity contribution in [1.82, 2.24) is 0 Å². The highest BCUT2D eigenvalue weighted by atomic mass is 32.2. The molecule has 5 heteroatoms. The summed E-state index contributed by atoms with van der Waals surface area (Å²) in [6.45, 7) is 0. The molecule has 0 aliphatic rings. The van der Waals surface area contributed by atoms with Crippen molar-refractivity contribution in [2.75, 3.05) is 25.0 Å². The summed E-state index contributed by atoms with van der Waals surface area (Å²) in [6.07, 6.45) is 7.35. The molecule has 4 rings (SSSR count). The third kappa shape index (κ3) is 4.41. The standard InChI is InChI=1S/C28H28BS4/c1-30-25-17-9-5-13-21(25)29(22-14-6-10-18-26(22)31-2,23-15-7-11-19-27(23)32-3)24-16-8-12-20-28(24)33-4/h5-20H,1-4H3/q-1. The number of hydrogen-bond donors (Lipinski definition) is 0. The molecule has 0 atom stereocenters. The first kappa shape index (κ1) is 24.5. The van der Waals surface area contributed by atoms with Gasteiger partial charge in [-0.25, -0.2) is 0 Å². The second-order valence-corrected chi connectivity index (χ2v) is 11.2. The summed E-state index contributed by atoms with van der Waals surface area (Å²) in [5.74, 6) is 0. The zero-order valence-electron chi connectivity index (χ0n) is 19.4. The van der Waals surface area contributed by atoms with Gasteiger partial charge in [-0.1, -0.05) is 97.1 Å². The van der Waals surface area contributed by atoms with Crippen LogP contribution in [0.25, 0.3) is 0 Å². The van der Waals surface area contributed by atoms with Crippen molar-refractivity contribution in [2.24, 2.45) is 0 Å². The van der Waals surface area contributed by atoms with E-state index in [1.807, 2.05) is 47.0 Å². The number of thioether (sulfide) groups is 4. The highest BCUT2D eigenvalue weighted by molar-refractivity contribution is 8.00. The van der Waals surface area contributed by atoms with E-state index < -0.39 is 6.15 Å². The van der Waals surface area contributed by atoms with Crippen LogP contribution in [0.5, 0.6) is 0 Å². The molecule has 0 aliphatic carbocycles. The minimum absolute atomic E-state index is 1.33. The van der Waals surface area contributed by atoms with Gasteiger partial charge in [-0.05, 0) is 44.6 Å². The zero-order valence-corrected chi connectivity index (χ0v) is 22.7. The monoisotopic (exact) mass is 503 g/mol. The molecule has 0 saturated heterocycles. The SMILES string of the molecule is CSc1ccccc1[B-](c1ccccc1SC)(c1ccccc1SC)c1ccccc1SC. The third-order valence-electron chi connectivity index (χ3n) is 6.42. The van der Waals surface area contributed by atoms with Gasteiger partial charge in [0.25, 0.3) is 0 Å². The highest BCUT2D eigenvalue weighted by Crippen LogP contribution is 2.27. The van der Waals surface area contributed by atoms with E-state index in [9.17, 15) is 0 Å². The van der Waals surface area contributed by atoms with Crippen molar-refractivity contribution in [1.29, 1.82) is 0 Å². The molecule has 0 aliphatic heterocycles. The van der Waals surface area contributed by atoms with Crippen LogP contribution in [-0.4, -0.2) is 31.2 Å². The predicted octanol–water partition coefficient (Wildman–Crippen LogP) is 5.95. The minimum Gasteiger partial charge on any atom is -0.182 e. The van der Waals surface area contributed by atoms with E-state index in [2.05, 4.69) is 122 Å². The Morgan fingerprint density at radius 2 is 0.576 bits per heavy atom. The lowest BCUT2D eigenvalue weighted by molar-refractivity contribution is 1.43. The van der Waals surface area contributed by atoms with Crippen molar-refractivity contribution in [3.8, 4) is 0 Å². The van der Waals surface area contributed by atoms with Crippen molar-refractivity contribution in [3.63, 3.8) is 0 Å². The molecule has 0 aromatic heterocycles. The molecule has 0 saturated carbocycles. The van der Waals surface area contributed by atoms with E-state index in [4.69, 9.17) is 0 Å². The van der Waals surface area contributed by atoms with Crippen LogP contribution in [0.3, 0.4) is 0 Å². The Bertz CT molecular complexity index is 1040. The Balaban J connectivity index is 2.30. The lowest BCUT2D eigenvalue weighted by Gasteiger charge is -2.48. The zero-order chi connectivity index (χ0) is 23.3. The molecule has 0 heterocycles. The Hall–Kier alpha value is -1.66. The van der Waals surface area contributed by atoms with E-state index in [1.165, 1.54) is 41.4 Å². The van der Waals surface area contributed by atoms with Crippen molar-refractivity contribution in [2.45, 2.75) is 19.6 Å². The molecule has 4 aromatic rings. The van der Waals surface area contributed by atoms with Gasteiger partial charge < -0.3 is 0 Å². The van der Waals surface area contributed by atoms with Gasteiger partial charge in [0.15, 0.2) is 0 Å². The lowest BCUT2D eigenvalue weighted by Crippen LogP contribution is -2.76. The van der Waals surface area contributed by atoms with E-state index >= 15 is 0 Å². The molecular weight excluding hydrogens is 475 g/mol. The normalized spacial score (nSPS) is 11.5. The van der Waals surface area contributed by atoms with E-state index in [0.717, 1.165) is 0 Å². The van der Waals surface area contributed by atoms with Crippen LogP contribution in [0.15, 0.2) is 117 Å². The van der Waals surface area contributed by atoms with Crippen molar-refractivity contribution < 1.29 is 0 Å². The van der Waals surface area contributed by atoms with Crippen LogP contribution in [0.4, 0.5) is 0 Å². The van der Waals surface area contributed by atoms with E-state index in [0.29, 0.717) is 0 Å². The molecule has 0 amide bonds. The molecule has 0 spiro atoms.